The van der Waals surface area contributed by atoms with Gasteiger partial charge < -0.3 is 19.3 Å². The fraction of sp³-hybridized carbons (Fsp3) is 0.333. The summed E-state index contributed by atoms with van der Waals surface area (Å²) in [6.07, 6.45) is 0. The second-order valence-electron chi connectivity index (χ2n) is 6.72. The standard InChI is InChI=1S/C24H31N2O5P/c1-5-26(6-2)24(28)21(25-23(27)20-17-13-10-14-18-20)22(19-15-11-9-12-16-19)32(29,30-7-3)31-8-4/h9-18H,5-8H2,1-4H3,(H,25,27). The maximum atomic E-state index is 14.0. The number of carbonyl (C=O) groups is 2. The molecule has 8 heteroatoms. The van der Waals surface area contributed by atoms with Crippen LogP contribution >= 0.6 is 7.60 Å². The van der Waals surface area contributed by atoms with Crippen molar-refractivity contribution >= 4 is 24.7 Å². The normalized spacial score (nSPS) is 12.1. The highest BCUT2D eigenvalue weighted by Gasteiger charge is 2.37. The molecule has 7 nitrogen and oxygen atoms in total. The highest BCUT2D eigenvalue weighted by Crippen LogP contribution is 2.61. The van der Waals surface area contributed by atoms with E-state index in [1.54, 1.807) is 73.3 Å². The minimum Gasteiger partial charge on any atom is -0.338 e. The molecule has 32 heavy (non-hydrogen) atoms. The van der Waals surface area contributed by atoms with E-state index in [9.17, 15) is 14.2 Å². The molecule has 2 aromatic carbocycles. The van der Waals surface area contributed by atoms with Crippen LogP contribution in [0.1, 0.15) is 43.6 Å². The number of carbonyl (C=O) groups excluding carboxylic acids is 2. The van der Waals surface area contributed by atoms with Crippen molar-refractivity contribution in [3.8, 4) is 0 Å². The van der Waals surface area contributed by atoms with Crippen molar-refractivity contribution in [2.45, 2.75) is 27.7 Å². The molecule has 2 aromatic rings. The van der Waals surface area contributed by atoms with E-state index in [-0.39, 0.29) is 24.2 Å². The van der Waals surface area contributed by atoms with E-state index < -0.39 is 19.4 Å². The van der Waals surface area contributed by atoms with Crippen LogP contribution in [0.15, 0.2) is 66.4 Å². The van der Waals surface area contributed by atoms with Gasteiger partial charge in [-0.15, -0.1) is 0 Å². The Bertz CT molecular complexity index is 962. The van der Waals surface area contributed by atoms with E-state index >= 15 is 0 Å². The van der Waals surface area contributed by atoms with Crippen molar-refractivity contribution in [1.29, 1.82) is 0 Å². The number of benzene rings is 2. The summed E-state index contributed by atoms with van der Waals surface area (Å²) in [7, 11) is -3.95. The van der Waals surface area contributed by atoms with Crippen molar-refractivity contribution in [3.05, 3.63) is 77.5 Å². The van der Waals surface area contributed by atoms with E-state index in [0.29, 0.717) is 24.2 Å². The smallest absolute Gasteiger partial charge is 0.338 e. The molecule has 0 aliphatic heterocycles. The summed E-state index contributed by atoms with van der Waals surface area (Å²) in [4.78, 5) is 28.2. The average Bonchev–Trinajstić information content (AvgIpc) is 2.80. The summed E-state index contributed by atoms with van der Waals surface area (Å²) < 4.78 is 25.2. The number of nitrogens with one attached hydrogen (secondary N) is 1. The van der Waals surface area contributed by atoms with Gasteiger partial charge in [0.25, 0.3) is 11.8 Å². The Kier molecular flexibility index (Phi) is 9.85. The van der Waals surface area contributed by atoms with E-state index in [4.69, 9.17) is 9.05 Å². The van der Waals surface area contributed by atoms with Gasteiger partial charge in [0.1, 0.15) is 11.0 Å². The molecule has 0 radical (unpaired) electrons. The highest BCUT2D eigenvalue weighted by atomic mass is 31.2. The van der Waals surface area contributed by atoms with Gasteiger partial charge in [-0.2, -0.15) is 0 Å². The van der Waals surface area contributed by atoms with Crippen LogP contribution < -0.4 is 5.32 Å². The summed E-state index contributed by atoms with van der Waals surface area (Å²) in [6, 6.07) is 17.3. The van der Waals surface area contributed by atoms with Crippen molar-refractivity contribution in [2.24, 2.45) is 0 Å². The minimum atomic E-state index is -3.95. The van der Waals surface area contributed by atoms with Gasteiger partial charge in [-0.25, -0.2) is 0 Å². The number of nitrogens with zero attached hydrogens (tertiary/aromatic N) is 1. The maximum Gasteiger partial charge on any atom is 0.364 e. The molecular weight excluding hydrogens is 427 g/mol. The largest absolute Gasteiger partial charge is 0.364 e. The third-order valence-electron chi connectivity index (χ3n) is 4.70. The maximum absolute atomic E-state index is 14.0. The highest BCUT2D eigenvalue weighted by molar-refractivity contribution is 7.65. The van der Waals surface area contributed by atoms with Crippen LogP contribution in [0.25, 0.3) is 5.31 Å². The first kappa shape index (κ1) is 25.5. The predicted molar refractivity (Wildman–Crippen MR) is 126 cm³/mol. The average molecular weight is 458 g/mol. The first-order chi connectivity index (χ1) is 15.4. The summed E-state index contributed by atoms with van der Waals surface area (Å²) in [5, 5.41) is 2.76. The number of hydrogen-bond donors (Lipinski definition) is 1. The molecule has 0 unspecified atom stereocenters. The second kappa shape index (κ2) is 12.3. The quantitative estimate of drug-likeness (QED) is 0.382. The van der Waals surface area contributed by atoms with Crippen molar-refractivity contribution in [2.75, 3.05) is 26.3 Å². The lowest BCUT2D eigenvalue weighted by atomic mass is 10.1. The molecule has 0 aliphatic carbocycles. The van der Waals surface area contributed by atoms with Gasteiger partial charge in [-0.3, -0.25) is 14.2 Å². The lowest BCUT2D eigenvalue weighted by molar-refractivity contribution is -0.127. The topological polar surface area (TPSA) is 84.9 Å². The van der Waals surface area contributed by atoms with Crippen LogP contribution in [0.2, 0.25) is 0 Å². The molecule has 172 valence electrons. The van der Waals surface area contributed by atoms with Crippen LogP contribution in [-0.4, -0.2) is 43.0 Å². The molecule has 0 saturated carbocycles. The second-order valence-corrected chi connectivity index (χ2v) is 8.68. The number of amides is 2. The lowest BCUT2D eigenvalue weighted by Crippen LogP contribution is -2.39. The zero-order valence-electron chi connectivity index (χ0n) is 19.0. The SMILES string of the molecule is CCOP(=O)(OCC)C(=C(NC(=O)c1ccccc1)C(=O)N(CC)CC)c1ccccc1. The molecule has 0 spiro atoms. The fourth-order valence-electron chi connectivity index (χ4n) is 3.20. The zero-order chi connectivity index (χ0) is 23.6. The van der Waals surface area contributed by atoms with Crippen LogP contribution in [0.3, 0.4) is 0 Å². The minimum absolute atomic E-state index is 0.0444. The molecule has 0 aromatic heterocycles. The molecule has 2 rings (SSSR count). The van der Waals surface area contributed by atoms with Gasteiger partial charge in [0.2, 0.25) is 0 Å². The molecule has 1 N–H and O–H groups in total. The molecule has 0 heterocycles. The van der Waals surface area contributed by atoms with Gasteiger partial charge in [0, 0.05) is 18.7 Å². The molecule has 0 fully saturated rings. The Labute approximate surface area is 190 Å². The van der Waals surface area contributed by atoms with Crippen LogP contribution in [0.5, 0.6) is 0 Å². The van der Waals surface area contributed by atoms with Gasteiger partial charge in [-0.05, 0) is 45.4 Å². The van der Waals surface area contributed by atoms with Gasteiger partial charge >= 0.3 is 7.60 Å². The lowest BCUT2D eigenvalue weighted by Gasteiger charge is -2.27. The van der Waals surface area contributed by atoms with Crippen LogP contribution in [0.4, 0.5) is 0 Å². The number of rotatable bonds is 11. The Hall–Kier alpha value is -2.73. The van der Waals surface area contributed by atoms with Gasteiger partial charge in [-0.1, -0.05) is 48.5 Å². The van der Waals surface area contributed by atoms with E-state index in [2.05, 4.69) is 5.32 Å². The Balaban J connectivity index is 2.80. The Morgan fingerprint density at radius 3 is 1.72 bits per heavy atom. The fourth-order valence-corrected chi connectivity index (χ4v) is 5.10. The van der Waals surface area contributed by atoms with Crippen molar-refractivity contribution in [3.63, 3.8) is 0 Å². The number of likely N-dealkylation sites (N-methyl/N-ethyl adjacent to an activating group) is 1. The third kappa shape index (κ3) is 6.16. The number of hydrogen-bond acceptors (Lipinski definition) is 5. The van der Waals surface area contributed by atoms with Crippen LogP contribution in [0, 0.1) is 0 Å². The Morgan fingerprint density at radius 1 is 0.812 bits per heavy atom. The predicted octanol–water partition coefficient (Wildman–Crippen LogP) is 4.92. The first-order valence-electron chi connectivity index (χ1n) is 10.8. The molecule has 2 amide bonds. The third-order valence-corrected chi connectivity index (χ3v) is 6.92. The van der Waals surface area contributed by atoms with E-state index in [0.717, 1.165) is 0 Å². The van der Waals surface area contributed by atoms with Crippen LogP contribution in [-0.2, 0) is 18.4 Å². The van der Waals surface area contributed by atoms with E-state index in [1.807, 2.05) is 19.9 Å². The molecule has 0 bridgehead atoms. The monoisotopic (exact) mass is 458 g/mol. The summed E-state index contributed by atoms with van der Waals surface area (Å²) in [6.45, 7) is 8.10. The van der Waals surface area contributed by atoms with Crippen molar-refractivity contribution < 1.29 is 23.2 Å². The molecule has 0 saturated heterocycles. The van der Waals surface area contributed by atoms with Gasteiger partial charge in [0.05, 0.1) is 13.2 Å². The van der Waals surface area contributed by atoms with Gasteiger partial charge in [0.15, 0.2) is 0 Å². The first-order valence-corrected chi connectivity index (χ1v) is 12.3. The molecular formula is C24H31N2O5P. The summed E-state index contributed by atoms with van der Waals surface area (Å²) in [5.41, 5.74) is 0.730. The molecule has 0 aliphatic rings. The molecule has 0 atom stereocenters. The zero-order valence-corrected chi connectivity index (χ0v) is 19.9. The van der Waals surface area contributed by atoms with E-state index in [1.165, 1.54) is 0 Å². The summed E-state index contributed by atoms with van der Waals surface area (Å²) in [5.74, 6) is -0.952. The van der Waals surface area contributed by atoms with Crippen molar-refractivity contribution in [1.82, 2.24) is 10.2 Å². The summed E-state index contributed by atoms with van der Waals surface area (Å²) >= 11 is 0. The Morgan fingerprint density at radius 2 is 1.28 bits per heavy atom.